The third kappa shape index (κ3) is 4.73. The minimum absolute atomic E-state index is 0.0170. The summed E-state index contributed by atoms with van der Waals surface area (Å²) < 4.78 is 39.4. The van der Waals surface area contributed by atoms with Gasteiger partial charge in [-0.15, -0.1) is 0 Å². The van der Waals surface area contributed by atoms with Gasteiger partial charge in [-0.2, -0.15) is 0 Å². The summed E-state index contributed by atoms with van der Waals surface area (Å²) in [5.41, 5.74) is 1.53. The van der Waals surface area contributed by atoms with Crippen LogP contribution in [0.3, 0.4) is 0 Å². The second kappa shape index (κ2) is 9.98. The van der Waals surface area contributed by atoms with Crippen molar-refractivity contribution in [3.8, 4) is 5.88 Å². The van der Waals surface area contributed by atoms with Gasteiger partial charge in [0.2, 0.25) is 27.7 Å². The van der Waals surface area contributed by atoms with E-state index in [2.05, 4.69) is 14.7 Å². The molecule has 3 aromatic heterocycles. The van der Waals surface area contributed by atoms with Crippen molar-refractivity contribution in [3.05, 3.63) is 65.1 Å². The Morgan fingerprint density at radius 3 is 2.75 bits per heavy atom. The number of nitrogens with zero attached hydrogens (tertiary/aromatic N) is 4. The van der Waals surface area contributed by atoms with Crippen LogP contribution in [0.4, 0.5) is 5.69 Å². The lowest BCUT2D eigenvalue weighted by molar-refractivity contribution is -0.127. The second-order valence-corrected chi connectivity index (χ2v) is 12.8. The number of furan rings is 1. The number of fused-ring (bicyclic) bond motifs is 3. The van der Waals surface area contributed by atoms with Gasteiger partial charge in [0.1, 0.15) is 21.1 Å². The van der Waals surface area contributed by atoms with Gasteiger partial charge in [0, 0.05) is 43.7 Å². The predicted octanol–water partition coefficient (Wildman–Crippen LogP) is 2.85. The molecule has 40 heavy (non-hydrogen) atoms. The van der Waals surface area contributed by atoms with Gasteiger partial charge in [-0.05, 0) is 48.4 Å². The van der Waals surface area contributed by atoms with E-state index < -0.39 is 15.4 Å². The zero-order chi connectivity index (χ0) is 28.1. The predicted molar refractivity (Wildman–Crippen MR) is 148 cm³/mol. The van der Waals surface area contributed by atoms with Crippen LogP contribution in [-0.2, 0) is 38.0 Å². The zero-order valence-corrected chi connectivity index (χ0v) is 23.5. The van der Waals surface area contributed by atoms with Gasteiger partial charge >= 0.3 is 0 Å². The molecule has 6 rings (SSSR count). The third-order valence-electron chi connectivity index (χ3n) is 7.50. The second-order valence-electron chi connectivity index (χ2n) is 10.00. The largest absolute Gasteiger partial charge is 0.481 e. The number of aromatic nitrogens is 2. The van der Waals surface area contributed by atoms with Crippen LogP contribution in [0.25, 0.3) is 10.3 Å². The Labute approximate surface area is 234 Å². The molecule has 1 aromatic carbocycles. The van der Waals surface area contributed by atoms with Crippen LogP contribution in [0.1, 0.15) is 29.7 Å². The van der Waals surface area contributed by atoms with Gasteiger partial charge in [0.05, 0.1) is 31.2 Å². The molecule has 0 saturated carbocycles. The van der Waals surface area contributed by atoms with Gasteiger partial charge in [0.25, 0.3) is 0 Å². The highest BCUT2D eigenvalue weighted by molar-refractivity contribution is 7.89. The van der Waals surface area contributed by atoms with Crippen LogP contribution in [0, 0.1) is 0 Å². The number of benzene rings is 1. The molecule has 0 aliphatic carbocycles. The Morgan fingerprint density at radius 1 is 1.18 bits per heavy atom. The van der Waals surface area contributed by atoms with Crippen LogP contribution in [0.5, 0.6) is 5.88 Å². The van der Waals surface area contributed by atoms with Crippen LogP contribution < -0.4 is 14.4 Å². The fourth-order valence-corrected chi connectivity index (χ4v) is 7.39. The molecule has 2 aliphatic heterocycles. The van der Waals surface area contributed by atoms with E-state index in [0.29, 0.717) is 58.7 Å². The number of hydrogen-bond acceptors (Lipinski definition) is 9. The number of hydrogen-bond donors (Lipinski definition) is 1. The normalized spacial score (nSPS) is 18.6. The number of likely N-dealkylation sites (tertiary alicyclic amines) is 1. The molecule has 1 unspecified atom stereocenters. The lowest BCUT2D eigenvalue weighted by Gasteiger charge is -2.25. The molecule has 2 amide bonds. The molecule has 4 aromatic rings. The van der Waals surface area contributed by atoms with E-state index in [1.807, 2.05) is 6.07 Å². The van der Waals surface area contributed by atoms with E-state index in [9.17, 15) is 18.0 Å². The summed E-state index contributed by atoms with van der Waals surface area (Å²) in [5, 5.41) is 0.626. The molecule has 0 bridgehead atoms. The highest BCUT2D eigenvalue weighted by Crippen LogP contribution is 2.47. The van der Waals surface area contributed by atoms with Crippen LogP contribution in [-0.4, -0.2) is 61.8 Å². The van der Waals surface area contributed by atoms with Crippen molar-refractivity contribution in [1.29, 1.82) is 0 Å². The topological polar surface area (TPSA) is 135 Å². The molecular weight excluding hydrogens is 554 g/mol. The Balaban J connectivity index is 1.31. The minimum atomic E-state index is -3.86. The molecule has 1 atom stereocenters. The smallest absolute Gasteiger partial charge is 0.240 e. The van der Waals surface area contributed by atoms with Gasteiger partial charge in [-0.3, -0.25) is 9.59 Å². The van der Waals surface area contributed by atoms with E-state index in [0.717, 1.165) is 5.56 Å². The molecule has 1 fully saturated rings. The lowest BCUT2D eigenvalue weighted by atomic mass is 9.81. The molecule has 1 N–H and O–H groups in total. The third-order valence-corrected chi connectivity index (χ3v) is 9.87. The highest BCUT2D eigenvalue weighted by Gasteiger charge is 2.49. The van der Waals surface area contributed by atoms with Crippen LogP contribution in [0.15, 0.2) is 58.0 Å². The fourth-order valence-electron chi connectivity index (χ4n) is 5.45. The van der Waals surface area contributed by atoms with Crippen molar-refractivity contribution in [2.45, 2.75) is 36.6 Å². The van der Waals surface area contributed by atoms with Crippen molar-refractivity contribution in [3.63, 3.8) is 0 Å². The number of pyridine rings is 1. The quantitative estimate of drug-likeness (QED) is 0.352. The number of thiazole rings is 1. The van der Waals surface area contributed by atoms with Crippen molar-refractivity contribution >= 4 is 49.2 Å². The van der Waals surface area contributed by atoms with Gasteiger partial charge in [0.15, 0.2) is 0 Å². The number of nitrogens with one attached hydrogen (secondary N) is 1. The number of methoxy groups -OCH3 is 1. The first-order valence-corrected chi connectivity index (χ1v) is 15.0. The summed E-state index contributed by atoms with van der Waals surface area (Å²) in [4.78, 5) is 39.1. The maximum Gasteiger partial charge on any atom is 0.240 e. The molecule has 208 valence electrons. The Morgan fingerprint density at radius 2 is 2.02 bits per heavy atom. The molecule has 13 heteroatoms. The average Bonchev–Trinajstić information content (AvgIpc) is 3.73. The first-order valence-electron chi connectivity index (χ1n) is 12.7. The highest BCUT2D eigenvalue weighted by atomic mass is 32.2. The molecule has 11 nitrogen and oxygen atoms in total. The van der Waals surface area contributed by atoms with Crippen molar-refractivity contribution in [2.75, 3.05) is 31.6 Å². The molecule has 5 heterocycles. The van der Waals surface area contributed by atoms with E-state index in [-0.39, 0.29) is 29.7 Å². The summed E-state index contributed by atoms with van der Waals surface area (Å²) in [6.45, 7) is 2.84. The number of carbonyl (C=O) groups is 2. The monoisotopic (exact) mass is 581 g/mol. The molecule has 1 spiro atoms. The van der Waals surface area contributed by atoms with Crippen molar-refractivity contribution in [2.24, 2.45) is 0 Å². The number of sulfonamides is 1. The summed E-state index contributed by atoms with van der Waals surface area (Å²) in [7, 11) is -2.32. The number of carbonyl (C=O) groups excluding carboxylic acids is 2. The Bertz CT molecular complexity index is 1720. The fraction of sp³-hybridized carbons (Fsp3) is 0.333. The van der Waals surface area contributed by atoms with E-state index >= 15 is 0 Å². The first kappa shape index (κ1) is 26.4. The first-order chi connectivity index (χ1) is 19.2. The Kier molecular flexibility index (Phi) is 6.59. The van der Waals surface area contributed by atoms with Gasteiger partial charge in [-0.1, -0.05) is 11.3 Å². The van der Waals surface area contributed by atoms with Gasteiger partial charge < -0.3 is 19.0 Å². The van der Waals surface area contributed by atoms with Crippen LogP contribution >= 0.6 is 11.3 Å². The Hall–Kier alpha value is -3.81. The summed E-state index contributed by atoms with van der Waals surface area (Å²) in [5.74, 6) is 0.765. The van der Waals surface area contributed by atoms with Crippen molar-refractivity contribution < 1.29 is 27.2 Å². The minimum Gasteiger partial charge on any atom is -0.481 e. The molecule has 0 radical (unpaired) electrons. The number of ether oxygens (including phenoxy) is 1. The maximum absolute atomic E-state index is 13.7. The average molecular weight is 582 g/mol. The standard InChI is InChI=1S/C27H27N5O6S2/c1-17(33)31-10-9-27(15-31)16-32(25(34)13-24-29-21-6-8-23(37-2)30-26(21)39-24)22-7-5-19(12-20(22)27)40(35,36)28-14-18-4-3-11-38-18/h3-8,11-12,28H,9-10,13-16H2,1-2H3. The van der Waals surface area contributed by atoms with Gasteiger partial charge in [-0.25, -0.2) is 23.1 Å². The van der Waals surface area contributed by atoms with E-state index in [1.54, 1.807) is 47.2 Å². The summed E-state index contributed by atoms with van der Waals surface area (Å²) in [6, 6.07) is 11.8. The SMILES string of the molecule is COc1ccc2nc(CC(=O)N3CC4(CCN(C(C)=O)C4)c4cc(S(=O)(=O)NCc5ccco5)ccc43)sc2n1. The summed E-state index contributed by atoms with van der Waals surface area (Å²) in [6.07, 6.45) is 2.18. The van der Waals surface area contributed by atoms with Crippen molar-refractivity contribution in [1.82, 2.24) is 19.6 Å². The number of amides is 2. The zero-order valence-electron chi connectivity index (χ0n) is 21.9. The maximum atomic E-state index is 13.7. The van der Waals surface area contributed by atoms with E-state index in [1.165, 1.54) is 30.6 Å². The van der Waals surface area contributed by atoms with E-state index in [4.69, 9.17) is 9.15 Å². The molecular formula is C27H27N5O6S2. The summed E-state index contributed by atoms with van der Waals surface area (Å²) >= 11 is 1.34. The van der Waals surface area contributed by atoms with Crippen LogP contribution in [0.2, 0.25) is 0 Å². The molecule has 1 saturated heterocycles. The molecule has 2 aliphatic rings. The lowest BCUT2D eigenvalue weighted by Crippen LogP contribution is -2.40. The number of anilines is 1. The number of rotatable bonds is 7.